The Kier molecular flexibility index (Phi) is 8.47. The van der Waals surface area contributed by atoms with Gasteiger partial charge in [0.05, 0.1) is 12.7 Å². The Morgan fingerprint density at radius 3 is 2.37 bits per heavy atom. The molecule has 0 radical (unpaired) electrons. The van der Waals surface area contributed by atoms with Crippen LogP contribution in [0.25, 0.3) is 0 Å². The quantitative estimate of drug-likeness (QED) is 0.273. The van der Waals surface area contributed by atoms with Gasteiger partial charge in [-0.3, -0.25) is 0 Å². The van der Waals surface area contributed by atoms with Crippen molar-refractivity contribution in [2.24, 2.45) is 52.3 Å². The SMILES string of the molecule is C=C(CCC(C)C1CCC2C3CCC4CC(OC5OCC(O)C(O)C5O)CCC4(C)C3CCC12C)C(C)C. The second-order valence-electron chi connectivity index (χ2n) is 15.0. The van der Waals surface area contributed by atoms with Crippen LogP contribution in [0.15, 0.2) is 12.2 Å². The van der Waals surface area contributed by atoms with Gasteiger partial charge in [-0.05, 0) is 123 Å². The summed E-state index contributed by atoms with van der Waals surface area (Å²) in [5.74, 6) is 5.47. The first-order valence-electron chi connectivity index (χ1n) is 15.9. The van der Waals surface area contributed by atoms with Crippen molar-refractivity contribution in [1.82, 2.24) is 0 Å². The van der Waals surface area contributed by atoms with Crippen molar-refractivity contribution >= 4 is 0 Å². The Labute approximate surface area is 231 Å². The number of aliphatic hydroxyl groups is 3. The van der Waals surface area contributed by atoms with Crippen LogP contribution in [0.4, 0.5) is 0 Å². The normalized spacial score (nSPS) is 49.7. The van der Waals surface area contributed by atoms with Gasteiger partial charge in [-0.1, -0.05) is 46.8 Å². The molecule has 4 saturated carbocycles. The highest BCUT2D eigenvalue weighted by molar-refractivity contribution is 5.10. The zero-order valence-corrected chi connectivity index (χ0v) is 24.8. The summed E-state index contributed by atoms with van der Waals surface area (Å²) in [5, 5.41) is 30.2. The molecule has 0 bridgehead atoms. The summed E-state index contributed by atoms with van der Waals surface area (Å²) in [6.45, 7) is 16.7. The van der Waals surface area contributed by atoms with Crippen molar-refractivity contribution in [2.45, 2.75) is 136 Å². The molecule has 1 aliphatic heterocycles. The molecule has 218 valence electrons. The van der Waals surface area contributed by atoms with E-state index in [0.717, 1.165) is 42.4 Å². The summed E-state index contributed by atoms with van der Waals surface area (Å²) in [6, 6.07) is 0. The zero-order valence-electron chi connectivity index (χ0n) is 24.8. The van der Waals surface area contributed by atoms with E-state index in [0.29, 0.717) is 22.7 Å². The minimum atomic E-state index is -1.21. The molecule has 5 aliphatic rings. The van der Waals surface area contributed by atoms with Gasteiger partial charge in [-0.2, -0.15) is 0 Å². The summed E-state index contributed by atoms with van der Waals surface area (Å²) >= 11 is 0. The van der Waals surface area contributed by atoms with Crippen molar-refractivity contribution < 1.29 is 24.8 Å². The second kappa shape index (κ2) is 11.1. The van der Waals surface area contributed by atoms with Crippen LogP contribution in [-0.2, 0) is 9.47 Å². The number of allylic oxidation sites excluding steroid dienone is 1. The molecule has 13 unspecified atom stereocenters. The lowest BCUT2D eigenvalue weighted by Crippen LogP contribution is -2.56. The maximum absolute atomic E-state index is 10.4. The van der Waals surface area contributed by atoms with Gasteiger partial charge in [0, 0.05) is 0 Å². The highest BCUT2D eigenvalue weighted by atomic mass is 16.7. The minimum Gasteiger partial charge on any atom is -0.388 e. The molecule has 3 N–H and O–H groups in total. The van der Waals surface area contributed by atoms with E-state index in [-0.39, 0.29) is 12.7 Å². The van der Waals surface area contributed by atoms with E-state index in [9.17, 15) is 15.3 Å². The third-order valence-electron chi connectivity index (χ3n) is 12.9. The van der Waals surface area contributed by atoms with Crippen molar-refractivity contribution in [1.29, 1.82) is 0 Å². The predicted octanol–water partition coefficient (Wildman–Crippen LogP) is 6.10. The van der Waals surface area contributed by atoms with Crippen molar-refractivity contribution in [3.8, 4) is 0 Å². The summed E-state index contributed by atoms with van der Waals surface area (Å²) in [6.07, 6.45) is 9.69. The first kappa shape index (κ1) is 29.0. The van der Waals surface area contributed by atoms with Gasteiger partial charge in [-0.15, -0.1) is 0 Å². The lowest BCUT2D eigenvalue weighted by atomic mass is 9.44. The molecule has 1 heterocycles. The third-order valence-corrected chi connectivity index (χ3v) is 12.9. The molecule has 38 heavy (non-hydrogen) atoms. The zero-order chi connectivity index (χ0) is 27.4. The third kappa shape index (κ3) is 5.06. The van der Waals surface area contributed by atoms with E-state index in [1.807, 2.05) is 0 Å². The van der Waals surface area contributed by atoms with Gasteiger partial charge in [0.2, 0.25) is 0 Å². The van der Waals surface area contributed by atoms with Crippen molar-refractivity contribution in [3.05, 3.63) is 12.2 Å². The highest BCUT2D eigenvalue weighted by Gasteiger charge is 2.60. The Hall–Kier alpha value is -0.460. The molecular weight excluding hydrogens is 476 g/mol. The molecule has 13 atom stereocenters. The first-order valence-corrected chi connectivity index (χ1v) is 15.9. The number of ether oxygens (including phenoxy) is 2. The molecular formula is C33H56O5. The van der Waals surface area contributed by atoms with Gasteiger partial charge in [0.1, 0.15) is 18.3 Å². The minimum absolute atomic E-state index is 0.00670. The smallest absolute Gasteiger partial charge is 0.186 e. The molecule has 4 aliphatic carbocycles. The van der Waals surface area contributed by atoms with Gasteiger partial charge in [0.25, 0.3) is 0 Å². The Balaban J connectivity index is 1.21. The Bertz CT molecular complexity index is 843. The monoisotopic (exact) mass is 532 g/mol. The number of hydrogen-bond acceptors (Lipinski definition) is 5. The summed E-state index contributed by atoms with van der Waals surface area (Å²) < 4.78 is 11.8. The molecule has 1 saturated heterocycles. The molecule has 0 amide bonds. The molecule has 0 aromatic carbocycles. The number of fused-ring (bicyclic) bond motifs is 5. The number of rotatable bonds is 7. The number of hydrogen-bond donors (Lipinski definition) is 3. The van der Waals surface area contributed by atoms with Crippen molar-refractivity contribution in [2.75, 3.05) is 6.61 Å². The Morgan fingerprint density at radius 1 is 0.921 bits per heavy atom. The lowest BCUT2D eigenvalue weighted by Gasteiger charge is -2.61. The van der Waals surface area contributed by atoms with Gasteiger partial charge in [-0.25, -0.2) is 0 Å². The fourth-order valence-electron chi connectivity index (χ4n) is 10.3. The van der Waals surface area contributed by atoms with Crippen LogP contribution in [0.2, 0.25) is 0 Å². The van der Waals surface area contributed by atoms with Gasteiger partial charge in [0.15, 0.2) is 6.29 Å². The molecule has 5 heteroatoms. The van der Waals surface area contributed by atoms with Crippen LogP contribution >= 0.6 is 0 Å². The summed E-state index contributed by atoms with van der Waals surface area (Å²) in [5.41, 5.74) is 2.30. The molecule has 0 aromatic heterocycles. The van der Waals surface area contributed by atoms with E-state index in [4.69, 9.17) is 9.47 Å². The molecule has 0 aromatic rings. The fraction of sp³-hybridized carbons (Fsp3) is 0.939. The van der Waals surface area contributed by atoms with Crippen LogP contribution < -0.4 is 0 Å². The van der Waals surface area contributed by atoms with E-state index >= 15 is 0 Å². The van der Waals surface area contributed by atoms with E-state index < -0.39 is 24.6 Å². The average Bonchev–Trinajstić information content (AvgIpc) is 3.24. The highest BCUT2D eigenvalue weighted by Crippen LogP contribution is 2.68. The second-order valence-corrected chi connectivity index (χ2v) is 15.0. The van der Waals surface area contributed by atoms with E-state index in [1.165, 1.54) is 63.4 Å². The summed E-state index contributed by atoms with van der Waals surface area (Å²) in [4.78, 5) is 0. The van der Waals surface area contributed by atoms with E-state index in [1.54, 1.807) is 0 Å². The molecule has 0 spiro atoms. The molecule has 5 nitrogen and oxygen atoms in total. The largest absolute Gasteiger partial charge is 0.388 e. The lowest BCUT2D eigenvalue weighted by molar-refractivity contribution is -0.289. The summed E-state index contributed by atoms with van der Waals surface area (Å²) in [7, 11) is 0. The van der Waals surface area contributed by atoms with Crippen LogP contribution in [0, 0.1) is 52.3 Å². The van der Waals surface area contributed by atoms with Crippen molar-refractivity contribution in [3.63, 3.8) is 0 Å². The standard InChI is InChI=1S/C33H56O5/c1-19(2)20(3)7-8-21(4)25-11-12-26-24-10-9-22-17-23(38-31-30(36)29(35)28(34)18-37-31)13-15-32(22,5)27(24)14-16-33(25,26)6/h19,21-31,34-36H,3,7-18H2,1-2,4-6H3. The van der Waals surface area contributed by atoms with Crippen LogP contribution in [0.3, 0.4) is 0 Å². The van der Waals surface area contributed by atoms with E-state index in [2.05, 4.69) is 41.2 Å². The van der Waals surface area contributed by atoms with Crippen LogP contribution in [0.1, 0.15) is 105 Å². The topological polar surface area (TPSA) is 79.2 Å². The Morgan fingerprint density at radius 2 is 1.63 bits per heavy atom. The van der Waals surface area contributed by atoms with Gasteiger partial charge < -0.3 is 24.8 Å². The maximum Gasteiger partial charge on any atom is 0.186 e. The molecule has 5 rings (SSSR count). The fourth-order valence-corrected chi connectivity index (χ4v) is 10.3. The average molecular weight is 533 g/mol. The van der Waals surface area contributed by atoms with Gasteiger partial charge >= 0.3 is 0 Å². The van der Waals surface area contributed by atoms with Crippen LogP contribution in [-0.4, -0.2) is 52.6 Å². The molecule has 5 fully saturated rings. The number of aliphatic hydroxyl groups excluding tert-OH is 3. The van der Waals surface area contributed by atoms with Crippen LogP contribution in [0.5, 0.6) is 0 Å². The maximum atomic E-state index is 10.4. The predicted molar refractivity (Wildman–Crippen MR) is 150 cm³/mol. The first-order chi connectivity index (χ1) is 18.0.